The highest BCUT2D eigenvalue weighted by atomic mass is 19.1. The number of rotatable bonds is 4. The third kappa shape index (κ3) is 3.11. The Labute approximate surface area is 175 Å². The zero-order valence-corrected chi connectivity index (χ0v) is 17.2. The van der Waals surface area contributed by atoms with Gasteiger partial charge < -0.3 is 20.1 Å². The van der Waals surface area contributed by atoms with Gasteiger partial charge in [0.2, 0.25) is 0 Å². The van der Waals surface area contributed by atoms with E-state index in [9.17, 15) is 9.50 Å². The van der Waals surface area contributed by atoms with Gasteiger partial charge in [0.15, 0.2) is 0 Å². The number of piperidine rings is 1. The Hall–Kier alpha value is -2.41. The minimum Gasteiger partial charge on any atom is -0.497 e. The third-order valence-electron chi connectivity index (χ3n) is 6.91. The molecule has 0 aliphatic carbocycles. The van der Waals surface area contributed by atoms with E-state index in [0.29, 0.717) is 12.1 Å². The van der Waals surface area contributed by atoms with Gasteiger partial charge in [0, 0.05) is 46.7 Å². The van der Waals surface area contributed by atoms with E-state index in [1.807, 2.05) is 24.3 Å². The molecule has 1 unspecified atom stereocenters. The molecule has 0 radical (unpaired) electrons. The molecule has 3 aromatic rings. The van der Waals surface area contributed by atoms with Gasteiger partial charge in [0.05, 0.1) is 19.8 Å². The van der Waals surface area contributed by atoms with Crippen molar-refractivity contribution in [2.75, 3.05) is 33.4 Å². The average Bonchev–Trinajstić information content (AvgIpc) is 3.15. The van der Waals surface area contributed by atoms with E-state index in [1.54, 1.807) is 13.2 Å². The number of H-pyrrole nitrogens is 1. The summed E-state index contributed by atoms with van der Waals surface area (Å²) >= 11 is 0. The molecule has 2 aromatic carbocycles. The summed E-state index contributed by atoms with van der Waals surface area (Å²) in [6.07, 6.45) is 2.04. The second-order valence-electron chi connectivity index (χ2n) is 8.55. The van der Waals surface area contributed by atoms with Crippen molar-refractivity contribution in [1.29, 1.82) is 0 Å². The number of ether oxygens (including phenoxy) is 1. The van der Waals surface area contributed by atoms with Gasteiger partial charge in [-0.05, 0) is 49.7 Å². The molecule has 1 atom stereocenters. The van der Waals surface area contributed by atoms with Gasteiger partial charge in [-0.25, -0.2) is 4.39 Å². The van der Waals surface area contributed by atoms with Crippen LogP contribution in [0, 0.1) is 5.82 Å². The molecule has 30 heavy (non-hydrogen) atoms. The average molecular weight is 410 g/mol. The fourth-order valence-electron chi connectivity index (χ4n) is 5.44. The summed E-state index contributed by atoms with van der Waals surface area (Å²) in [5, 5.41) is 15.1. The molecule has 1 spiro atoms. The Morgan fingerprint density at radius 2 is 2.00 bits per heavy atom. The number of hydrogen-bond donors (Lipinski definition) is 3. The van der Waals surface area contributed by atoms with E-state index in [0.717, 1.165) is 49.4 Å². The highest BCUT2D eigenvalue weighted by molar-refractivity contribution is 5.87. The van der Waals surface area contributed by atoms with E-state index >= 15 is 0 Å². The Morgan fingerprint density at radius 3 is 2.73 bits per heavy atom. The van der Waals surface area contributed by atoms with Gasteiger partial charge in [0.25, 0.3) is 0 Å². The van der Waals surface area contributed by atoms with Crippen molar-refractivity contribution in [2.24, 2.45) is 0 Å². The number of aliphatic hydroxyl groups excluding tert-OH is 1. The first-order chi connectivity index (χ1) is 14.6. The monoisotopic (exact) mass is 409 g/mol. The van der Waals surface area contributed by atoms with Crippen molar-refractivity contribution < 1.29 is 14.2 Å². The van der Waals surface area contributed by atoms with Crippen LogP contribution in [0.4, 0.5) is 4.39 Å². The van der Waals surface area contributed by atoms with Crippen molar-refractivity contribution in [3.63, 3.8) is 0 Å². The number of aliphatic hydroxyl groups is 1. The molecule has 0 saturated carbocycles. The lowest BCUT2D eigenvalue weighted by Gasteiger charge is -2.48. The Balaban J connectivity index is 1.65. The molecule has 5 rings (SSSR count). The lowest BCUT2D eigenvalue weighted by atomic mass is 9.68. The Kier molecular flexibility index (Phi) is 5.01. The SMILES string of the molecule is COc1ccc2c3c([nH]c2c1)C(CO)N(Cc1ccccc1F)CC31CCNCC1. The van der Waals surface area contributed by atoms with Crippen molar-refractivity contribution in [1.82, 2.24) is 15.2 Å². The van der Waals surface area contributed by atoms with Gasteiger partial charge in [-0.15, -0.1) is 0 Å². The molecule has 158 valence electrons. The van der Waals surface area contributed by atoms with E-state index in [1.165, 1.54) is 17.0 Å². The second kappa shape index (κ2) is 7.69. The summed E-state index contributed by atoms with van der Waals surface area (Å²) in [4.78, 5) is 5.85. The van der Waals surface area contributed by atoms with E-state index in [4.69, 9.17) is 4.74 Å². The van der Waals surface area contributed by atoms with Crippen molar-refractivity contribution >= 4 is 10.9 Å². The van der Waals surface area contributed by atoms with Crippen LogP contribution in [0.2, 0.25) is 0 Å². The van der Waals surface area contributed by atoms with Crippen LogP contribution in [0.3, 0.4) is 0 Å². The van der Waals surface area contributed by atoms with Gasteiger partial charge in [-0.3, -0.25) is 4.90 Å². The molecule has 5 nitrogen and oxygen atoms in total. The summed E-state index contributed by atoms with van der Waals surface area (Å²) in [5.41, 5.74) is 4.06. The number of hydrogen-bond acceptors (Lipinski definition) is 4. The molecule has 0 bridgehead atoms. The number of aromatic nitrogens is 1. The number of fused-ring (bicyclic) bond motifs is 4. The molecule has 2 aliphatic rings. The first-order valence-corrected chi connectivity index (χ1v) is 10.6. The maximum absolute atomic E-state index is 14.4. The largest absolute Gasteiger partial charge is 0.497 e. The van der Waals surface area contributed by atoms with Crippen molar-refractivity contribution in [2.45, 2.75) is 30.8 Å². The van der Waals surface area contributed by atoms with Crippen LogP contribution in [0.25, 0.3) is 10.9 Å². The minimum absolute atomic E-state index is 0.0141. The van der Waals surface area contributed by atoms with Gasteiger partial charge in [-0.2, -0.15) is 0 Å². The normalized spacial score (nSPS) is 21.1. The maximum Gasteiger partial charge on any atom is 0.127 e. The fourth-order valence-corrected chi connectivity index (χ4v) is 5.44. The minimum atomic E-state index is -0.196. The summed E-state index contributed by atoms with van der Waals surface area (Å²) in [5.74, 6) is 0.616. The van der Waals surface area contributed by atoms with E-state index < -0.39 is 0 Å². The molecular formula is C24H28FN3O2. The summed E-state index contributed by atoms with van der Waals surface area (Å²) in [7, 11) is 1.67. The van der Waals surface area contributed by atoms with Gasteiger partial charge >= 0.3 is 0 Å². The quantitative estimate of drug-likeness (QED) is 0.617. The third-order valence-corrected chi connectivity index (χ3v) is 6.91. The molecule has 2 aliphatic heterocycles. The number of nitrogens with zero attached hydrogens (tertiary/aromatic N) is 1. The summed E-state index contributed by atoms with van der Waals surface area (Å²) in [6, 6.07) is 12.9. The van der Waals surface area contributed by atoms with Crippen LogP contribution in [0.1, 0.15) is 35.7 Å². The highest BCUT2D eigenvalue weighted by Crippen LogP contribution is 2.48. The molecule has 3 heterocycles. The number of aromatic amines is 1. The fraction of sp³-hybridized carbons (Fsp3) is 0.417. The lowest BCUT2D eigenvalue weighted by molar-refractivity contribution is 0.0596. The van der Waals surface area contributed by atoms with Crippen molar-refractivity contribution in [3.05, 3.63) is 65.1 Å². The number of nitrogens with one attached hydrogen (secondary N) is 2. The maximum atomic E-state index is 14.4. The molecule has 1 fully saturated rings. The predicted octanol–water partition coefficient (Wildman–Crippen LogP) is 3.49. The number of benzene rings is 2. The van der Waals surface area contributed by atoms with Gasteiger partial charge in [0.1, 0.15) is 11.6 Å². The van der Waals surface area contributed by atoms with Crippen molar-refractivity contribution in [3.8, 4) is 5.75 Å². The van der Waals surface area contributed by atoms with E-state index in [-0.39, 0.29) is 23.9 Å². The number of methoxy groups -OCH3 is 1. The van der Waals surface area contributed by atoms with Crippen LogP contribution in [-0.2, 0) is 12.0 Å². The zero-order valence-electron chi connectivity index (χ0n) is 17.2. The second-order valence-corrected chi connectivity index (χ2v) is 8.55. The molecule has 3 N–H and O–H groups in total. The first-order valence-electron chi connectivity index (χ1n) is 10.6. The summed E-state index contributed by atoms with van der Waals surface area (Å²) in [6.45, 7) is 3.18. The smallest absolute Gasteiger partial charge is 0.127 e. The zero-order chi connectivity index (χ0) is 20.7. The number of halogens is 1. The molecule has 1 saturated heterocycles. The van der Waals surface area contributed by atoms with E-state index in [2.05, 4.69) is 21.3 Å². The lowest BCUT2D eigenvalue weighted by Crippen LogP contribution is -2.52. The summed E-state index contributed by atoms with van der Waals surface area (Å²) < 4.78 is 19.9. The molecule has 6 heteroatoms. The highest BCUT2D eigenvalue weighted by Gasteiger charge is 2.46. The van der Waals surface area contributed by atoms with Crippen LogP contribution >= 0.6 is 0 Å². The molecular weight excluding hydrogens is 381 g/mol. The Bertz CT molecular complexity index is 1060. The van der Waals surface area contributed by atoms with Crippen LogP contribution in [0.5, 0.6) is 5.75 Å². The van der Waals surface area contributed by atoms with Crippen LogP contribution in [0.15, 0.2) is 42.5 Å². The first kappa shape index (κ1) is 19.5. The van der Waals surface area contributed by atoms with Crippen LogP contribution < -0.4 is 10.1 Å². The molecule has 1 aromatic heterocycles. The molecule has 0 amide bonds. The standard InChI is InChI=1S/C24H28FN3O2/c1-30-17-6-7-18-20(12-17)27-23-21(14-29)28(13-16-4-2-3-5-19(16)25)15-24(22(18)23)8-10-26-11-9-24/h2-7,12,21,26-27,29H,8-11,13-15H2,1H3. The predicted molar refractivity (Wildman–Crippen MR) is 115 cm³/mol. The van der Waals surface area contributed by atoms with Gasteiger partial charge in [-0.1, -0.05) is 18.2 Å². The Morgan fingerprint density at radius 1 is 1.20 bits per heavy atom. The van der Waals surface area contributed by atoms with Crippen LogP contribution in [-0.4, -0.2) is 48.3 Å². The topological polar surface area (TPSA) is 60.5 Å².